The van der Waals surface area contributed by atoms with Gasteiger partial charge in [0, 0.05) is 6.42 Å². The highest BCUT2D eigenvalue weighted by Gasteiger charge is 2.36. The van der Waals surface area contributed by atoms with Gasteiger partial charge in [-0.1, -0.05) is 12.1 Å². The van der Waals surface area contributed by atoms with Gasteiger partial charge in [0.05, 0.1) is 31.7 Å². The number of hydrogen-bond donors (Lipinski definition) is 15. The van der Waals surface area contributed by atoms with Crippen LogP contribution in [0.3, 0.4) is 0 Å². The monoisotopic (exact) mass is 897 g/mol. The number of rotatable bonds is 31. The number of carboxylic acids is 5. The first-order valence-corrected chi connectivity index (χ1v) is 19.4. The van der Waals surface area contributed by atoms with Gasteiger partial charge in [-0.3, -0.25) is 47.9 Å². The van der Waals surface area contributed by atoms with Gasteiger partial charge in [0.15, 0.2) is 0 Å². The lowest BCUT2D eigenvalue weighted by Crippen LogP contribution is -2.60. The highest BCUT2D eigenvalue weighted by atomic mass is 16.4. The van der Waals surface area contributed by atoms with Gasteiger partial charge in [0.25, 0.3) is 0 Å². The van der Waals surface area contributed by atoms with Crippen molar-refractivity contribution in [1.29, 1.82) is 0 Å². The zero-order chi connectivity index (χ0) is 47.8. The summed E-state index contributed by atoms with van der Waals surface area (Å²) in [5.41, 5.74) is 17.0. The van der Waals surface area contributed by atoms with Gasteiger partial charge in [-0.05, 0) is 69.3 Å². The Bertz CT molecular complexity index is 1800. The molecule has 0 aromatic heterocycles. The van der Waals surface area contributed by atoms with Crippen molar-refractivity contribution < 1.29 is 83.4 Å². The number of nitrogens with one attached hydrogen (secondary N) is 6. The molecule has 1 rings (SSSR count). The predicted molar refractivity (Wildman–Crippen MR) is 214 cm³/mol. The molecule has 0 bridgehead atoms. The van der Waals surface area contributed by atoms with Gasteiger partial charge in [0.2, 0.25) is 35.4 Å². The molecule has 0 spiro atoms. The first-order chi connectivity index (χ1) is 29.6. The molecule has 0 aliphatic heterocycles. The molecule has 0 fully saturated rings. The highest BCUT2D eigenvalue weighted by molar-refractivity contribution is 5.99. The fraction of sp³-hybridized carbons (Fsp3) is 0.541. The van der Waals surface area contributed by atoms with Gasteiger partial charge in [-0.25, -0.2) is 4.79 Å². The minimum absolute atomic E-state index is 0.127. The van der Waals surface area contributed by atoms with Crippen molar-refractivity contribution in [3.8, 4) is 5.75 Å². The van der Waals surface area contributed by atoms with E-state index in [2.05, 4.69) is 21.3 Å². The minimum atomic E-state index is -2.15. The van der Waals surface area contributed by atoms with Crippen LogP contribution >= 0.6 is 0 Å². The summed E-state index contributed by atoms with van der Waals surface area (Å²) in [4.78, 5) is 138. The number of phenols is 1. The Labute approximate surface area is 359 Å². The Morgan fingerprint density at radius 1 is 0.444 bits per heavy atom. The molecule has 0 radical (unpaired) electrons. The smallest absolute Gasteiger partial charge is 0.326 e. The van der Waals surface area contributed by atoms with Gasteiger partial charge >= 0.3 is 29.8 Å². The SMILES string of the molecule is NCCCC[C@H](NC(=O)[C@H](CC(=O)O)NC(=O)[C@H](CC(=O)O)NC(=O)[C@H](CC(=O)O)NC(=O)[C@H](CCCCN)NC(=O)[C@H](Cc1ccc(O)cc1)NC(=O)[C@@H](N)CC(=O)O)C(=O)O. The number of amides is 6. The number of benzene rings is 1. The Morgan fingerprint density at radius 2 is 0.778 bits per heavy atom. The summed E-state index contributed by atoms with van der Waals surface area (Å²) in [6.07, 6.45) is -3.87. The van der Waals surface area contributed by atoms with Crippen molar-refractivity contribution in [2.75, 3.05) is 13.1 Å². The van der Waals surface area contributed by atoms with E-state index in [1.54, 1.807) is 0 Å². The average Bonchev–Trinajstić information content (AvgIpc) is 3.18. The van der Waals surface area contributed by atoms with E-state index in [1.165, 1.54) is 24.3 Å². The number of nitrogens with two attached hydrogens (primary N) is 3. The molecule has 6 amide bonds. The molecule has 18 N–H and O–H groups in total. The Morgan fingerprint density at radius 3 is 1.16 bits per heavy atom. The summed E-state index contributed by atoms with van der Waals surface area (Å²) in [6, 6.07) is -7.15. The molecule has 0 saturated heterocycles. The Hall–Kier alpha value is -6.93. The summed E-state index contributed by atoms with van der Waals surface area (Å²) < 4.78 is 0. The third-order valence-corrected chi connectivity index (χ3v) is 8.92. The van der Waals surface area contributed by atoms with Crippen molar-refractivity contribution in [2.24, 2.45) is 17.2 Å². The van der Waals surface area contributed by atoms with Crippen molar-refractivity contribution in [3.63, 3.8) is 0 Å². The normalized spacial score (nSPS) is 14.1. The second-order valence-electron chi connectivity index (χ2n) is 14.1. The third-order valence-electron chi connectivity index (χ3n) is 8.92. The number of phenolic OH excluding ortho intramolecular Hbond substituents is 1. The number of hydrogen-bond acceptors (Lipinski definition) is 15. The molecule has 63 heavy (non-hydrogen) atoms. The van der Waals surface area contributed by atoms with Gasteiger partial charge in [0.1, 0.15) is 42.0 Å². The van der Waals surface area contributed by atoms with E-state index < -0.39 is 133 Å². The van der Waals surface area contributed by atoms with Crippen LogP contribution in [0.25, 0.3) is 0 Å². The van der Waals surface area contributed by atoms with Crippen LogP contribution in [0.2, 0.25) is 0 Å². The average molecular weight is 898 g/mol. The fourth-order valence-corrected chi connectivity index (χ4v) is 5.66. The number of aromatic hydroxyl groups is 1. The number of unbranched alkanes of at least 4 members (excludes halogenated alkanes) is 2. The van der Waals surface area contributed by atoms with Crippen LogP contribution in [0.1, 0.15) is 69.8 Å². The summed E-state index contributed by atoms with van der Waals surface area (Å²) >= 11 is 0. The van der Waals surface area contributed by atoms with E-state index in [1.807, 2.05) is 10.6 Å². The van der Waals surface area contributed by atoms with E-state index in [4.69, 9.17) is 22.3 Å². The quantitative estimate of drug-likeness (QED) is 0.0312. The largest absolute Gasteiger partial charge is 0.508 e. The fourth-order valence-electron chi connectivity index (χ4n) is 5.66. The number of carbonyl (C=O) groups is 11. The summed E-state index contributed by atoms with van der Waals surface area (Å²) in [6.45, 7) is 0.334. The number of carbonyl (C=O) groups excluding carboxylic acids is 6. The van der Waals surface area contributed by atoms with E-state index in [0.717, 1.165) is 0 Å². The lowest BCUT2D eigenvalue weighted by atomic mass is 10.0. The minimum Gasteiger partial charge on any atom is -0.508 e. The first-order valence-electron chi connectivity index (χ1n) is 19.4. The van der Waals surface area contributed by atoms with Crippen molar-refractivity contribution in [2.45, 2.75) is 113 Å². The van der Waals surface area contributed by atoms with Crippen LogP contribution in [0, 0.1) is 0 Å². The van der Waals surface area contributed by atoms with Crippen LogP contribution in [0.5, 0.6) is 5.75 Å². The zero-order valence-corrected chi connectivity index (χ0v) is 33.9. The van der Waals surface area contributed by atoms with E-state index in [-0.39, 0.29) is 50.9 Å². The molecular weight excluding hydrogens is 842 g/mol. The molecule has 0 aliphatic rings. The molecule has 1 aromatic carbocycles. The number of aliphatic carboxylic acids is 5. The molecule has 350 valence electrons. The maximum Gasteiger partial charge on any atom is 0.326 e. The zero-order valence-electron chi connectivity index (χ0n) is 33.9. The van der Waals surface area contributed by atoms with E-state index >= 15 is 0 Å². The summed E-state index contributed by atoms with van der Waals surface area (Å²) in [7, 11) is 0. The highest BCUT2D eigenvalue weighted by Crippen LogP contribution is 2.13. The predicted octanol–water partition coefficient (Wildman–Crippen LogP) is -4.59. The molecule has 26 nitrogen and oxygen atoms in total. The maximum absolute atomic E-state index is 13.7. The van der Waals surface area contributed by atoms with Crippen LogP contribution in [0.15, 0.2) is 24.3 Å². The van der Waals surface area contributed by atoms with Crippen LogP contribution in [0.4, 0.5) is 0 Å². The molecule has 0 saturated carbocycles. The van der Waals surface area contributed by atoms with Gasteiger partial charge in [-0.15, -0.1) is 0 Å². The summed E-state index contributed by atoms with van der Waals surface area (Å²) in [5, 5.41) is 69.6. The second-order valence-corrected chi connectivity index (χ2v) is 14.1. The summed E-state index contributed by atoms with van der Waals surface area (Å²) in [5.74, 6) is -15.6. The lowest BCUT2D eigenvalue weighted by Gasteiger charge is -2.27. The molecule has 1 aromatic rings. The van der Waals surface area contributed by atoms with Crippen molar-refractivity contribution in [3.05, 3.63) is 29.8 Å². The van der Waals surface area contributed by atoms with Crippen LogP contribution in [-0.4, -0.2) is 151 Å². The molecule has 0 heterocycles. The van der Waals surface area contributed by atoms with E-state index in [9.17, 15) is 78.3 Å². The van der Waals surface area contributed by atoms with Gasteiger partial charge < -0.3 is 79.7 Å². The second kappa shape index (κ2) is 27.8. The topological polar surface area (TPSA) is 459 Å². The molecular formula is C37H55N9O17. The standard InChI is InChI=1S/C37H55N9O17/c38-11-3-1-5-21(41-33(58)23(13-18-7-9-19(47)10-8-18)43-31(56)20(40)14-27(48)49)32(57)44-25(16-29(52)53)35(60)46-26(17-30(54)55)36(61)45-24(15-28(50)51)34(59)42-22(37(62)63)6-2-4-12-39/h7-10,20-26,47H,1-6,11-17,38-40H2,(H,41,58)(H,42,59)(H,43,56)(H,44,57)(H,45,61)(H,46,60)(H,48,49)(H,50,51)(H,52,53)(H,54,55)(H,62,63)/t20-,21-,22-,23-,24-,25-,26-/m0/s1. The van der Waals surface area contributed by atoms with Crippen LogP contribution < -0.4 is 49.1 Å². The molecule has 0 aliphatic carbocycles. The van der Waals surface area contributed by atoms with Crippen molar-refractivity contribution >= 4 is 65.3 Å². The van der Waals surface area contributed by atoms with E-state index in [0.29, 0.717) is 18.4 Å². The Kier molecular flexibility index (Phi) is 23.9. The molecule has 7 atom stereocenters. The van der Waals surface area contributed by atoms with Crippen molar-refractivity contribution in [1.82, 2.24) is 31.9 Å². The molecule has 0 unspecified atom stereocenters. The van der Waals surface area contributed by atoms with Gasteiger partial charge in [-0.2, -0.15) is 0 Å². The Balaban J connectivity index is 3.43. The lowest BCUT2D eigenvalue weighted by molar-refractivity contribution is -0.145. The number of carboxylic acid groups (broad SMARTS) is 5. The molecule has 26 heteroatoms. The maximum atomic E-state index is 13.7. The van der Waals surface area contributed by atoms with Crippen LogP contribution in [-0.2, 0) is 59.2 Å². The third kappa shape index (κ3) is 21.4. The first kappa shape index (κ1) is 54.1.